The van der Waals surface area contributed by atoms with Crippen LogP contribution in [-0.4, -0.2) is 19.9 Å². The maximum atomic E-state index is 10.4. The molecule has 116 valence electrons. The molecule has 7 heteroatoms. The molecule has 23 heavy (non-hydrogen) atoms. The van der Waals surface area contributed by atoms with E-state index in [9.17, 15) is 5.11 Å². The second kappa shape index (κ2) is 5.23. The van der Waals surface area contributed by atoms with Gasteiger partial charge in [-0.15, -0.1) is 0 Å². The summed E-state index contributed by atoms with van der Waals surface area (Å²) in [5.74, 6) is 0. The first kappa shape index (κ1) is 14.5. The van der Waals surface area contributed by atoms with E-state index in [0.29, 0.717) is 38.4 Å². The van der Waals surface area contributed by atoms with Crippen LogP contribution < -0.4 is 5.32 Å². The van der Waals surface area contributed by atoms with Crippen LogP contribution >= 0.6 is 23.2 Å². The molecule has 3 heterocycles. The number of aromatic nitrogens is 3. The molecule has 2 N–H and O–H groups in total. The number of hydrogen-bond acceptors (Lipinski definition) is 4. The average Bonchev–Trinajstić information content (AvgIpc) is 2.88. The van der Waals surface area contributed by atoms with Crippen LogP contribution in [0, 0.1) is 6.92 Å². The van der Waals surface area contributed by atoms with Crippen molar-refractivity contribution < 1.29 is 5.11 Å². The standard InChI is InChI=1S/C16H12Cl2N4O/c1-8-13-15(14-11(20-16(13)23)3-2-6-19-14)22(21-8)12-7-9(17)4-5-10(12)18/h2-7,16,20,23H,1H3. The first-order valence-electron chi connectivity index (χ1n) is 7.01. The Morgan fingerprint density at radius 3 is 2.91 bits per heavy atom. The van der Waals surface area contributed by atoms with Crippen LogP contribution in [0.4, 0.5) is 5.69 Å². The molecule has 1 atom stereocenters. The molecule has 3 aromatic rings. The van der Waals surface area contributed by atoms with Crippen LogP contribution in [0.3, 0.4) is 0 Å². The third-order valence-corrected chi connectivity index (χ3v) is 4.40. The minimum Gasteiger partial charge on any atom is -0.369 e. The van der Waals surface area contributed by atoms with Gasteiger partial charge in [0.25, 0.3) is 0 Å². The highest BCUT2D eigenvalue weighted by molar-refractivity contribution is 6.34. The number of fused-ring (bicyclic) bond motifs is 3. The Balaban J connectivity index is 2.06. The van der Waals surface area contributed by atoms with Gasteiger partial charge in [-0.3, -0.25) is 4.98 Å². The number of pyridine rings is 1. The molecule has 0 spiro atoms. The van der Waals surface area contributed by atoms with E-state index in [1.54, 1.807) is 29.1 Å². The van der Waals surface area contributed by atoms with Gasteiger partial charge in [0.2, 0.25) is 0 Å². The summed E-state index contributed by atoms with van der Waals surface area (Å²) in [4.78, 5) is 4.44. The number of rotatable bonds is 1. The molecule has 0 aliphatic carbocycles. The summed E-state index contributed by atoms with van der Waals surface area (Å²) in [6.45, 7) is 1.84. The molecule has 1 aromatic carbocycles. The van der Waals surface area contributed by atoms with Gasteiger partial charge >= 0.3 is 0 Å². The number of hydrogen-bond donors (Lipinski definition) is 2. The Bertz CT molecular complexity index is 922. The van der Waals surface area contributed by atoms with Crippen molar-refractivity contribution in [1.82, 2.24) is 14.8 Å². The van der Waals surface area contributed by atoms with Crippen LogP contribution in [0.25, 0.3) is 17.1 Å². The lowest BCUT2D eigenvalue weighted by atomic mass is 10.0. The molecule has 0 amide bonds. The molecule has 0 radical (unpaired) electrons. The van der Waals surface area contributed by atoms with Crippen molar-refractivity contribution in [2.24, 2.45) is 0 Å². The summed E-state index contributed by atoms with van der Waals surface area (Å²) in [5, 5.41) is 19.1. The van der Waals surface area contributed by atoms with Gasteiger partial charge in [-0.25, -0.2) is 4.68 Å². The Hall–Kier alpha value is -2.08. The summed E-state index contributed by atoms with van der Waals surface area (Å²) in [6.07, 6.45) is 0.849. The van der Waals surface area contributed by atoms with Crippen molar-refractivity contribution in [1.29, 1.82) is 0 Å². The topological polar surface area (TPSA) is 63.0 Å². The summed E-state index contributed by atoms with van der Waals surface area (Å²) < 4.78 is 1.69. The van der Waals surface area contributed by atoms with Gasteiger partial charge in [0, 0.05) is 11.2 Å². The maximum absolute atomic E-state index is 10.4. The van der Waals surface area contributed by atoms with Gasteiger partial charge in [0.05, 0.1) is 27.7 Å². The van der Waals surface area contributed by atoms with Crippen LogP contribution in [0.15, 0.2) is 36.5 Å². The number of aryl methyl sites for hydroxylation is 1. The van der Waals surface area contributed by atoms with Gasteiger partial charge in [-0.05, 0) is 37.3 Å². The van der Waals surface area contributed by atoms with E-state index in [0.717, 1.165) is 5.69 Å². The molecule has 1 aliphatic heterocycles. The summed E-state index contributed by atoms with van der Waals surface area (Å²) in [7, 11) is 0. The molecule has 2 aromatic heterocycles. The van der Waals surface area contributed by atoms with Crippen LogP contribution in [0.1, 0.15) is 17.5 Å². The number of nitrogens with zero attached hydrogens (tertiary/aromatic N) is 3. The molecule has 1 aliphatic rings. The van der Waals surface area contributed by atoms with E-state index in [1.165, 1.54) is 0 Å². The quantitative estimate of drug-likeness (QED) is 0.699. The highest BCUT2D eigenvalue weighted by Gasteiger charge is 2.31. The minimum atomic E-state index is -0.853. The fourth-order valence-electron chi connectivity index (χ4n) is 2.85. The van der Waals surface area contributed by atoms with Crippen LogP contribution in [-0.2, 0) is 0 Å². The van der Waals surface area contributed by atoms with Crippen molar-refractivity contribution in [3.8, 4) is 17.1 Å². The second-order valence-corrected chi connectivity index (χ2v) is 6.15. The lowest BCUT2D eigenvalue weighted by Gasteiger charge is -2.24. The van der Waals surface area contributed by atoms with Gasteiger partial charge in [0.15, 0.2) is 6.23 Å². The molecule has 0 saturated heterocycles. The third kappa shape index (κ3) is 2.20. The number of nitrogens with one attached hydrogen (secondary N) is 1. The third-order valence-electron chi connectivity index (χ3n) is 3.84. The van der Waals surface area contributed by atoms with Crippen LogP contribution in [0.2, 0.25) is 10.0 Å². The fourth-order valence-corrected chi connectivity index (χ4v) is 3.21. The maximum Gasteiger partial charge on any atom is 0.154 e. The normalized spacial score (nSPS) is 15.7. The zero-order valence-electron chi connectivity index (χ0n) is 12.1. The summed E-state index contributed by atoms with van der Waals surface area (Å²) in [5.41, 5.74) is 4.21. The molecule has 5 nitrogen and oxygen atoms in total. The molecule has 0 bridgehead atoms. The van der Waals surface area contributed by atoms with E-state index >= 15 is 0 Å². The van der Waals surface area contributed by atoms with Gasteiger partial charge < -0.3 is 10.4 Å². The first-order valence-corrected chi connectivity index (χ1v) is 7.77. The Morgan fingerprint density at radius 1 is 1.26 bits per heavy atom. The van der Waals surface area contributed by atoms with Crippen LogP contribution in [0.5, 0.6) is 0 Å². The van der Waals surface area contributed by atoms with Crippen molar-refractivity contribution in [2.75, 3.05) is 5.32 Å². The highest BCUT2D eigenvalue weighted by atomic mass is 35.5. The Labute approximate surface area is 142 Å². The fraction of sp³-hybridized carbons (Fsp3) is 0.125. The van der Waals surface area contributed by atoms with E-state index in [2.05, 4.69) is 15.4 Å². The number of aliphatic hydroxyl groups is 1. The van der Waals surface area contributed by atoms with E-state index in [-0.39, 0.29) is 0 Å². The predicted octanol–water partition coefficient (Wildman–Crippen LogP) is 3.97. The molecule has 0 fully saturated rings. The van der Waals surface area contributed by atoms with Crippen molar-refractivity contribution in [3.63, 3.8) is 0 Å². The summed E-state index contributed by atoms with van der Waals surface area (Å²) in [6, 6.07) is 8.86. The second-order valence-electron chi connectivity index (χ2n) is 5.30. The summed E-state index contributed by atoms with van der Waals surface area (Å²) >= 11 is 12.4. The highest BCUT2D eigenvalue weighted by Crippen LogP contribution is 2.41. The zero-order chi connectivity index (χ0) is 16.1. The minimum absolute atomic E-state index is 0.519. The number of aliphatic hydroxyl groups excluding tert-OH is 1. The molecule has 4 rings (SSSR count). The van der Waals surface area contributed by atoms with E-state index < -0.39 is 6.23 Å². The number of benzene rings is 1. The van der Waals surface area contributed by atoms with Crippen molar-refractivity contribution in [2.45, 2.75) is 13.2 Å². The Kier molecular flexibility index (Phi) is 3.30. The van der Waals surface area contributed by atoms with Gasteiger partial charge in [-0.1, -0.05) is 23.2 Å². The average molecular weight is 347 g/mol. The molecular weight excluding hydrogens is 335 g/mol. The molecule has 1 unspecified atom stereocenters. The Morgan fingerprint density at radius 2 is 2.09 bits per heavy atom. The lowest BCUT2D eigenvalue weighted by Crippen LogP contribution is -2.18. The smallest absolute Gasteiger partial charge is 0.154 e. The van der Waals surface area contributed by atoms with Crippen molar-refractivity contribution >= 4 is 28.9 Å². The SMILES string of the molecule is Cc1nn(-c2cc(Cl)ccc2Cl)c2c1C(O)Nc1cccnc1-2. The first-order chi connectivity index (χ1) is 11.1. The van der Waals surface area contributed by atoms with Gasteiger partial charge in [0.1, 0.15) is 11.4 Å². The number of anilines is 1. The predicted molar refractivity (Wildman–Crippen MR) is 90.1 cm³/mol. The molecule has 0 saturated carbocycles. The largest absolute Gasteiger partial charge is 0.369 e. The van der Waals surface area contributed by atoms with Crippen molar-refractivity contribution in [3.05, 3.63) is 57.8 Å². The van der Waals surface area contributed by atoms with Gasteiger partial charge in [-0.2, -0.15) is 5.10 Å². The lowest BCUT2D eigenvalue weighted by molar-refractivity contribution is 0.206. The monoisotopic (exact) mass is 346 g/mol. The zero-order valence-corrected chi connectivity index (χ0v) is 13.6. The molecular formula is C16H12Cl2N4O. The van der Waals surface area contributed by atoms with E-state index in [4.69, 9.17) is 23.2 Å². The number of halogens is 2. The van der Waals surface area contributed by atoms with E-state index in [1.807, 2.05) is 19.1 Å².